The molecule has 0 aliphatic rings. The molecule has 1 N–H and O–H groups in total. The maximum Gasteiger partial charge on any atom is 0.107 e. The van der Waals surface area contributed by atoms with Gasteiger partial charge in [0.15, 0.2) is 0 Å². The van der Waals surface area contributed by atoms with E-state index in [0.717, 1.165) is 36.8 Å². The Morgan fingerprint density at radius 2 is 2.53 bits per heavy atom. The molecule has 0 unspecified atom stereocenters. The fourth-order valence-corrected chi connectivity index (χ4v) is 1.82. The molecule has 1 aromatic heterocycles. The molecule has 0 amide bonds. The van der Waals surface area contributed by atoms with Gasteiger partial charge in [-0.25, -0.2) is 4.98 Å². The highest BCUT2D eigenvalue weighted by Crippen LogP contribution is 2.10. The predicted octanol–water partition coefficient (Wildman–Crippen LogP) is 2.35. The first-order valence-corrected chi connectivity index (χ1v) is 6.07. The number of ether oxygens (including phenoxy) is 1. The standard InChI is InChI=1S/C11H18N2OS/c1-3-5-6-14-8-10-9-15-11(13-10)7-12-4-2/h3,9,12H,1,4-8H2,2H3. The lowest BCUT2D eigenvalue weighted by Crippen LogP contribution is -2.11. The van der Waals surface area contributed by atoms with Crippen molar-refractivity contribution in [3.05, 3.63) is 28.7 Å². The lowest BCUT2D eigenvalue weighted by molar-refractivity contribution is 0.123. The van der Waals surface area contributed by atoms with Crippen molar-refractivity contribution in [3.8, 4) is 0 Å². The van der Waals surface area contributed by atoms with Gasteiger partial charge in [-0.3, -0.25) is 0 Å². The molecular formula is C11H18N2OS. The summed E-state index contributed by atoms with van der Waals surface area (Å²) in [6.07, 6.45) is 2.76. The van der Waals surface area contributed by atoms with Gasteiger partial charge < -0.3 is 10.1 Å². The molecule has 15 heavy (non-hydrogen) atoms. The molecule has 0 spiro atoms. The van der Waals surface area contributed by atoms with Crippen LogP contribution < -0.4 is 5.32 Å². The lowest BCUT2D eigenvalue weighted by atomic mass is 10.4. The van der Waals surface area contributed by atoms with E-state index in [9.17, 15) is 0 Å². The second-order valence-corrected chi connectivity index (χ2v) is 4.09. The molecule has 0 saturated heterocycles. The van der Waals surface area contributed by atoms with Gasteiger partial charge in [0.25, 0.3) is 0 Å². The van der Waals surface area contributed by atoms with Crippen molar-refractivity contribution >= 4 is 11.3 Å². The topological polar surface area (TPSA) is 34.1 Å². The summed E-state index contributed by atoms with van der Waals surface area (Å²) in [7, 11) is 0. The smallest absolute Gasteiger partial charge is 0.107 e. The van der Waals surface area contributed by atoms with E-state index in [2.05, 4.69) is 29.2 Å². The van der Waals surface area contributed by atoms with Crippen molar-refractivity contribution in [2.75, 3.05) is 13.2 Å². The van der Waals surface area contributed by atoms with Gasteiger partial charge in [0.05, 0.1) is 18.9 Å². The summed E-state index contributed by atoms with van der Waals surface area (Å²) >= 11 is 1.68. The summed E-state index contributed by atoms with van der Waals surface area (Å²) in [5.74, 6) is 0. The Morgan fingerprint density at radius 3 is 3.27 bits per heavy atom. The SMILES string of the molecule is C=CCCOCc1csc(CNCC)n1. The Morgan fingerprint density at radius 1 is 1.67 bits per heavy atom. The average molecular weight is 226 g/mol. The minimum absolute atomic E-state index is 0.608. The van der Waals surface area contributed by atoms with Gasteiger partial charge in [-0.15, -0.1) is 17.9 Å². The van der Waals surface area contributed by atoms with Crippen LogP contribution in [-0.2, 0) is 17.9 Å². The van der Waals surface area contributed by atoms with Crippen LogP contribution in [0.2, 0.25) is 0 Å². The zero-order valence-corrected chi connectivity index (χ0v) is 9.98. The van der Waals surface area contributed by atoms with E-state index in [-0.39, 0.29) is 0 Å². The number of rotatable bonds is 8. The zero-order chi connectivity index (χ0) is 10.9. The highest BCUT2D eigenvalue weighted by atomic mass is 32.1. The van der Waals surface area contributed by atoms with Gasteiger partial charge in [0.1, 0.15) is 5.01 Å². The molecule has 3 nitrogen and oxygen atoms in total. The highest BCUT2D eigenvalue weighted by Gasteiger charge is 2.00. The first-order chi connectivity index (χ1) is 7.36. The summed E-state index contributed by atoms with van der Waals surface area (Å²) in [6.45, 7) is 8.90. The molecule has 1 heterocycles. The number of thiazole rings is 1. The van der Waals surface area contributed by atoms with Crippen molar-refractivity contribution in [2.24, 2.45) is 0 Å². The number of nitrogens with zero attached hydrogens (tertiary/aromatic N) is 1. The van der Waals surface area contributed by atoms with Gasteiger partial charge in [-0.2, -0.15) is 0 Å². The predicted molar refractivity (Wildman–Crippen MR) is 64.0 cm³/mol. The van der Waals surface area contributed by atoms with Gasteiger partial charge in [0.2, 0.25) is 0 Å². The molecule has 0 aromatic carbocycles. The van der Waals surface area contributed by atoms with E-state index in [1.54, 1.807) is 11.3 Å². The molecule has 0 aliphatic heterocycles. The van der Waals surface area contributed by atoms with Gasteiger partial charge >= 0.3 is 0 Å². The Bertz CT molecular complexity index is 286. The first-order valence-electron chi connectivity index (χ1n) is 5.19. The second kappa shape index (κ2) is 7.56. The fraction of sp³-hybridized carbons (Fsp3) is 0.545. The van der Waals surface area contributed by atoms with Crippen LogP contribution in [0.4, 0.5) is 0 Å². The van der Waals surface area contributed by atoms with Crippen LogP contribution in [0, 0.1) is 0 Å². The number of nitrogens with one attached hydrogen (secondary N) is 1. The maximum atomic E-state index is 5.43. The quantitative estimate of drug-likeness (QED) is 0.546. The van der Waals surface area contributed by atoms with Gasteiger partial charge in [-0.1, -0.05) is 13.0 Å². The van der Waals surface area contributed by atoms with E-state index in [1.165, 1.54) is 0 Å². The van der Waals surface area contributed by atoms with E-state index in [4.69, 9.17) is 4.74 Å². The van der Waals surface area contributed by atoms with Gasteiger partial charge in [0, 0.05) is 11.9 Å². The highest BCUT2D eigenvalue weighted by molar-refractivity contribution is 7.09. The summed E-state index contributed by atoms with van der Waals surface area (Å²) < 4.78 is 5.43. The Balaban J connectivity index is 2.23. The molecule has 0 atom stereocenters. The Kier molecular flexibility index (Phi) is 6.23. The van der Waals surface area contributed by atoms with E-state index >= 15 is 0 Å². The Labute approximate surface area is 95.2 Å². The van der Waals surface area contributed by atoms with Crippen molar-refractivity contribution in [1.29, 1.82) is 0 Å². The average Bonchev–Trinajstić information content (AvgIpc) is 2.69. The van der Waals surface area contributed by atoms with E-state index in [1.807, 2.05) is 6.08 Å². The molecule has 1 rings (SSSR count). The number of hydrogen-bond acceptors (Lipinski definition) is 4. The van der Waals surface area contributed by atoms with Crippen LogP contribution in [0.15, 0.2) is 18.0 Å². The Hall–Kier alpha value is -0.710. The van der Waals surface area contributed by atoms with Crippen LogP contribution in [0.5, 0.6) is 0 Å². The zero-order valence-electron chi connectivity index (χ0n) is 9.16. The molecule has 0 aliphatic carbocycles. The first kappa shape index (κ1) is 12.4. The maximum absolute atomic E-state index is 5.43. The third kappa shape index (κ3) is 5.06. The molecule has 1 aromatic rings. The van der Waals surface area contributed by atoms with Crippen molar-refractivity contribution in [3.63, 3.8) is 0 Å². The van der Waals surface area contributed by atoms with Crippen LogP contribution in [0.25, 0.3) is 0 Å². The minimum atomic E-state index is 0.608. The largest absolute Gasteiger partial charge is 0.375 e. The molecule has 0 bridgehead atoms. The molecule has 0 fully saturated rings. The van der Waals surface area contributed by atoms with E-state index < -0.39 is 0 Å². The summed E-state index contributed by atoms with van der Waals surface area (Å²) in [5, 5.41) is 6.43. The second-order valence-electron chi connectivity index (χ2n) is 3.14. The lowest BCUT2D eigenvalue weighted by Gasteiger charge is -1.98. The molecule has 84 valence electrons. The minimum Gasteiger partial charge on any atom is -0.375 e. The van der Waals surface area contributed by atoms with Crippen LogP contribution in [-0.4, -0.2) is 18.1 Å². The number of hydrogen-bond donors (Lipinski definition) is 1. The third-order valence-electron chi connectivity index (χ3n) is 1.84. The molecule has 0 saturated carbocycles. The molecule has 0 radical (unpaired) electrons. The summed E-state index contributed by atoms with van der Waals surface area (Å²) in [5.41, 5.74) is 1.02. The molecule has 4 heteroatoms. The van der Waals surface area contributed by atoms with Crippen LogP contribution in [0.1, 0.15) is 24.0 Å². The van der Waals surface area contributed by atoms with Crippen LogP contribution in [0.3, 0.4) is 0 Å². The van der Waals surface area contributed by atoms with Crippen LogP contribution >= 0.6 is 11.3 Å². The van der Waals surface area contributed by atoms with Crippen molar-refractivity contribution in [2.45, 2.75) is 26.5 Å². The van der Waals surface area contributed by atoms with Crippen molar-refractivity contribution < 1.29 is 4.74 Å². The monoisotopic (exact) mass is 226 g/mol. The fourth-order valence-electron chi connectivity index (χ4n) is 1.07. The van der Waals surface area contributed by atoms with Crippen molar-refractivity contribution in [1.82, 2.24) is 10.3 Å². The third-order valence-corrected chi connectivity index (χ3v) is 2.74. The van der Waals surface area contributed by atoms with E-state index in [0.29, 0.717) is 6.61 Å². The van der Waals surface area contributed by atoms with Gasteiger partial charge in [-0.05, 0) is 13.0 Å². The number of aromatic nitrogens is 1. The summed E-state index contributed by atoms with van der Waals surface area (Å²) in [4.78, 5) is 4.45. The summed E-state index contributed by atoms with van der Waals surface area (Å²) in [6, 6.07) is 0. The normalized spacial score (nSPS) is 10.5. The molecular weight excluding hydrogens is 208 g/mol.